The highest BCUT2D eigenvalue weighted by molar-refractivity contribution is 6.21. The SMILES string of the molecule is CCC1(C)CC(Cl)CN1Cc1ccccc1. The number of hydrogen-bond acceptors (Lipinski definition) is 1. The molecule has 0 amide bonds. The van der Waals surface area contributed by atoms with Crippen molar-refractivity contribution >= 4 is 11.6 Å². The van der Waals surface area contributed by atoms with Crippen molar-refractivity contribution in [3.8, 4) is 0 Å². The van der Waals surface area contributed by atoms with Gasteiger partial charge >= 0.3 is 0 Å². The van der Waals surface area contributed by atoms with Crippen molar-refractivity contribution in [3.63, 3.8) is 0 Å². The molecular weight excluding hydrogens is 218 g/mol. The standard InChI is InChI=1S/C14H20ClN/c1-3-14(2)9-13(15)11-16(14)10-12-7-5-4-6-8-12/h4-8,13H,3,9-11H2,1-2H3. The van der Waals surface area contributed by atoms with E-state index >= 15 is 0 Å². The fourth-order valence-electron chi connectivity index (χ4n) is 2.56. The fraction of sp³-hybridized carbons (Fsp3) is 0.571. The van der Waals surface area contributed by atoms with Crippen molar-refractivity contribution in [1.82, 2.24) is 4.90 Å². The van der Waals surface area contributed by atoms with Gasteiger partial charge in [0.25, 0.3) is 0 Å². The summed E-state index contributed by atoms with van der Waals surface area (Å²) in [5, 5.41) is 0.314. The Morgan fingerprint density at radius 1 is 1.38 bits per heavy atom. The zero-order chi connectivity index (χ0) is 11.6. The summed E-state index contributed by atoms with van der Waals surface area (Å²) in [7, 11) is 0. The van der Waals surface area contributed by atoms with Crippen molar-refractivity contribution in [3.05, 3.63) is 35.9 Å². The molecule has 2 heteroatoms. The molecule has 1 nitrogen and oxygen atoms in total. The summed E-state index contributed by atoms with van der Waals surface area (Å²) in [6, 6.07) is 10.7. The van der Waals surface area contributed by atoms with Gasteiger partial charge in [-0.05, 0) is 25.3 Å². The molecule has 0 aromatic heterocycles. The van der Waals surface area contributed by atoms with Crippen LogP contribution in [-0.4, -0.2) is 22.4 Å². The Hall–Kier alpha value is -0.530. The summed E-state index contributed by atoms with van der Waals surface area (Å²) in [6.07, 6.45) is 2.28. The predicted octanol–water partition coefficient (Wildman–Crippen LogP) is 3.67. The van der Waals surface area contributed by atoms with Crippen LogP contribution >= 0.6 is 11.6 Å². The van der Waals surface area contributed by atoms with Gasteiger partial charge in [0, 0.05) is 24.0 Å². The lowest BCUT2D eigenvalue weighted by atomic mass is 9.95. The summed E-state index contributed by atoms with van der Waals surface area (Å²) in [6.45, 7) is 6.63. The van der Waals surface area contributed by atoms with Gasteiger partial charge in [-0.2, -0.15) is 0 Å². The van der Waals surface area contributed by atoms with Gasteiger partial charge < -0.3 is 0 Å². The second-order valence-electron chi connectivity index (χ2n) is 5.02. The fourth-order valence-corrected chi connectivity index (χ4v) is 3.06. The molecule has 0 radical (unpaired) electrons. The third kappa shape index (κ3) is 2.41. The minimum absolute atomic E-state index is 0.280. The Labute approximate surface area is 103 Å². The zero-order valence-corrected chi connectivity index (χ0v) is 10.9. The smallest absolute Gasteiger partial charge is 0.0481 e. The van der Waals surface area contributed by atoms with Gasteiger partial charge in [0.15, 0.2) is 0 Å². The van der Waals surface area contributed by atoms with Gasteiger partial charge in [0.1, 0.15) is 0 Å². The second-order valence-corrected chi connectivity index (χ2v) is 5.64. The van der Waals surface area contributed by atoms with Gasteiger partial charge in [-0.1, -0.05) is 37.3 Å². The molecule has 0 bridgehead atoms. The molecule has 0 N–H and O–H groups in total. The Kier molecular flexibility index (Phi) is 3.56. The van der Waals surface area contributed by atoms with Gasteiger partial charge in [0.05, 0.1) is 0 Å². The summed E-state index contributed by atoms with van der Waals surface area (Å²) >= 11 is 6.29. The molecule has 1 aliphatic rings. The third-order valence-electron chi connectivity index (χ3n) is 3.82. The average molecular weight is 238 g/mol. The van der Waals surface area contributed by atoms with Crippen molar-refractivity contribution in [2.75, 3.05) is 6.54 Å². The van der Waals surface area contributed by atoms with Crippen LogP contribution in [0.1, 0.15) is 32.3 Å². The maximum atomic E-state index is 6.29. The van der Waals surface area contributed by atoms with E-state index in [4.69, 9.17) is 11.6 Å². The van der Waals surface area contributed by atoms with Crippen LogP contribution in [0.15, 0.2) is 30.3 Å². The molecule has 2 unspecified atom stereocenters. The minimum atomic E-state index is 0.280. The Morgan fingerprint density at radius 2 is 2.06 bits per heavy atom. The number of alkyl halides is 1. The molecule has 2 atom stereocenters. The highest BCUT2D eigenvalue weighted by Gasteiger charge is 2.39. The quantitative estimate of drug-likeness (QED) is 0.726. The van der Waals surface area contributed by atoms with Crippen LogP contribution in [0.25, 0.3) is 0 Å². The largest absolute Gasteiger partial charge is 0.292 e. The lowest BCUT2D eigenvalue weighted by molar-refractivity contribution is 0.142. The molecule has 1 aliphatic heterocycles. The van der Waals surface area contributed by atoms with E-state index in [2.05, 4.69) is 49.1 Å². The maximum absolute atomic E-state index is 6.29. The molecule has 1 aromatic rings. The number of nitrogens with zero attached hydrogens (tertiary/aromatic N) is 1. The Balaban J connectivity index is 2.09. The molecule has 1 aromatic carbocycles. The molecule has 1 fully saturated rings. The van der Waals surface area contributed by atoms with Gasteiger partial charge in [-0.15, -0.1) is 11.6 Å². The molecule has 0 spiro atoms. The van der Waals surface area contributed by atoms with Crippen LogP contribution in [0.5, 0.6) is 0 Å². The summed E-state index contributed by atoms with van der Waals surface area (Å²) < 4.78 is 0. The van der Waals surface area contributed by atoms with Gasteiger partial charge in [-0.3, -0.25) is 4.90 Å². The molecule has 16 heavy (non-hydrogen) atoms. The van der Waals surface area contributed by atoms with Gasteiger partial charge in [0.2, 0.25) is 0 Å². The van der Waals surface area contributed by atoms with E-state index in [1.54, 1.807) is 0 Å². The van der Waals surface area contributed by atoms with Gasteiger partial charge in [-0.25, -0.2) is 0 Å². The maximum Gasteiger partial charge on any atom is 0.0481 e. The van der Waals surface area contributed by atoms with Crippen molar-refractivity contribution < 1.29 is 0 Å². The lowest BCUT2D eigenvalue weighted by Gasteiger charge is -2.34. The zero-order valence-electron chi connectivity index (χ0n) is 10.1. The van der Waals surface area contributed by atoms with Crippen LogP contribution in [0.3, 0.4) is 0 Å². The molecule has 2 rings (SSSR count). The van der Waals surface area contributed by atoms with Crippen LogP contribution in [0.2, 0.25) is 0 Å². The molecule has 0 aliphatic carbocycles. The summed E-state index contributed by atoms with van der Waals surface area (Å²) in [5.74, 6) is 0. The molecule has 0 saturated carbocycles. The number of likely N-dealkylation sites (tertiary alicyclic amines) is 1. The predicted molar refractivity (Wildman–Crippen MR) is 69.8 cm³/mol. The molecule has 88 valence electrons. The van der Waals surface area contributed by atoms with Crippen LogP contribution in [-0.2, 0) is 6.54 Å². The highest BCUT2D eigenvalue weighted by Crippen LogP contribution is 2.35. The van der Waals surface area contributed by atoms with Crippen LogP contribution in [0.4, 0.5) is 0 Å². The molecular formula is C14H20ClN. The first-order chi connectivity index (χ1) is 7.64. The Bertz CT molecular complexity index is 338. The first-order valence-electron chi connectivity index (χ1n) is 6.07. The van der Waals surface area contributed by atoms with E-state index in [1.807, 2.05) is 0 Å². The van der Waals surface area contributed by atoms with Crippen molar-refractivity contribution in [2.45, 2.75) is 44.1 Å². The van der Waals surface area contributed by atoms with Crippen LogP contribution in [0, 0.1) is 0 Å². The number of benzene rings is 1. The van der Waals surface area contributed by atoms with Crippen LogP contribution < -0.4 is 0 Å². The van der Waals surface area contributed by atoms with E-state index in [0.29, 0.717) is 5.38 Å². The summed E-state index contributed by atoms with van der Waals surface area (Å²) in [5.41, 5.74) is 1.66. The monoisotopic (exact) mass is 237 g/mol. The second kappa shape index (κ2) is 4.77. The van der Waals surface area contributed by atoms with E-state index in [0.717, 1.165) is 19.5 Å². The number of rotatable bonds is 3. The normalized spacial score (nSPS) is 30.8. The molecule has 1 heterocycles. The topological polar surface area (TPSA) is 3.24 Å². The minimum Gasteiger partial charge on any atom is -0.292 e. The van der Waals surface area contributed by atoms with E-state index < -0.39 is 0 Å². The average Bonchev–Trinajstić information content (AvgIpc) is 2.56. The van der Waals surface area contributed by atoms with E-state index in [-0.39, 0.29) is 5.54 Å². The number of halogens is 1. The third-order valence-corrected chi connectivity index (χ3v) is 4.11. The first kappa shape index (κ1) is 11.9. The van der Waals surface area contributed by atoms with E-state index in [9.17, 15) is 0 Å². The van der Waals surface area contributed by atoms with E-state index in [1.165, 1.54) is 12.0 Å². The highest BCUT2D eigenvalue weighted by atomic mass is 35.5. The van der Waals surface area contributed by atoms with Crippen molar-refractivity contribution in [2.24, 2.45) is 0 Å². The first-order valence-corrected chi connectivity index (χ1v) is 6.51. The number of hydrogen-bond donors (Lipinski definition) is 0. The summed E-state index contributed by atoms with van der Waals surface area (Å²) in [4.78, 5) is 2.53. The van der Waals surface area contributed by atoms with Crippen molar-refractivity contribution in [1.29, 1.82) is 0 Å². The lowest BCUT2D eigenvalue weighted by Crippen LogP contribution is -2.39. The molecule has 1 saturated heterocycles. The Morgan fingerprint density at radius 3 is 2.69 bits per heavy atom.